The summed E-state index contributed by atoms with van der Waals surface area (Å²) in [5.41, 5.74) is 2.37. The van der Waals surface area contributed by atoms with Crippen LogP contribution in [0.15, 0.2) is 24.3 Å². The fourth-order valence-corrected chi connectivity index (χ4v) is 2.04. The fourth-order valence-electron chi connectivity index (χ4n) is 2.04. The van der Waals surface area contributed by atoms with Crippen molar-refractivity contribution < 1.29 is 9.59 Å². The Hall–Kier alpha value is -1.84. The van der Waals surface area contributed by atoms with Gasteiger partial charge in [0.05, 0.1) is 5.92 Å². The number of amides is 3. The number of benzene rings is 1. The Morgan fingerprint density at radius 3 is 2.44 bits per heavy atom. The van der Waals surface area contributed by atoms with Crippen molar-refractivity contribution in [2.24, 2.45) is 5.92 Å². The zero-order chi connectivity index (χ0) is 13.1. The number of hydrogen-bond donors (Lipinski definition) is 1. The highest BCUT2D eigenvalue weighted by molar-refractivity contribution is 5.97. The predicted octanol–water partition coefficient (Wildman–Crippen LogP) is 1.94. The van der Waals surface area contributed by atoms with Gasteiger partial charge in [-0.05, 0) is 17.5 Å². The molecule has 1 aliphatic heterocycles. The average molecular weight is 246 g/mol. The van der Waals surface area contributed by atoms with E-state index in [0.29, 0.717) is 13.1 Å². The van der Waals surface area contributed by atoms with Crippen LogP contribution in [0.4, 0.5) is 4.79 Å². The van der Waals surface area contributed by atoms with Crippen LogP contribution in [0.2, 0.25) is 0 Å². The van der Waals surface area contributed by atoms with E-state index in [1.807, 2.05) is 19.1 Å². The van der Waals surface area contributed by atoms with Gasteiger partial charge in [0.25, 0.3) is 0 Å². The minimum atomic E-state index is -0.294. The lowest BCUT2D eigenvalue weighted by molar-refractivity contribution is -0.125. The maximum absolute atomic E-state index is 11.7. The Kier molecular flexibility index (Phi) is 3.65. The molecule has 1 N–H and O–H groups in total. The molecule has 0 radical (unpaired) electrons. The van der Waals surface area contributed by atoms with Gasteiger partial charge in [0.15, 0.2) is 0 Å². The second kappa shape index (κ2) is 5.21. The van der Waals surface area contributed by atoms with E-state index in [-0.39, 0.29) is 17.9 Å². The summed E-state index contributed by atoms with van der Waals surface area (Å²) in [5, 5.41) is 2.37. The van der Waals surface area contributed by atoms with Gasteiger partial charge < -0.3 is 4.90 Å². The molecule has 1 aromatic carbocycles. The predicted molar refractivity (Wildman–Crippen MR) is 68.9 cm³/mol. The van der Waals surface area contributed by atoms with Crippen LogP contribution in [0.25, 0.3) is 0 Å². The van der Waals surface area contributed by atoms with Crippen molar-refractivity contribution in [3.05, 3.63) is 35.4 Å². The molecule has 0 bridgehead atoms. The van der Waals surface area contributed by atoms with Crippen LogP contribution >= 0.6 is 0 Å². The lowest BCUT2D eigenvalue weighted by Crippen LogP contribution is -2.53. The number of carbonyl (C=O) groups is 2. The standard InChI is InChI=1S/C14H18N2O2/c1-3-11-4-6-12(7-5-11)9-16-8-10(2)13(17)15-14(16)18/h4-7,10H,3,8-9H2,1-2H3,(H,15,17,18). The largest absolute Gasteiger partial charge is 0.324 e. The summed E-state index contributed by atoms with van der Waals surface area (Å²) in [6.07, 6.45) is 1.01. The van der Waals surface area contributed by atoms with E-state index in [1.54, 1.807) is 4.90 Å². The molecular weight excluding hydrogens is 228 g/mol. The lowest BCUT2D eigenvalue weighted by Gasteiger charge is -2.30. The maximum atomic E-state index is 11.7. The van der Waals surface area contributed by atoms with Gasteiger partial charge in [0, 0.05) is 13.1 Å². The Labute approximate surface area is 107 Å². The molecule has 1 saturated heterocycles. The maximum Gasteiger partial charge on any atom is 0.324 e. The van der Waals surface area contributed by atoms with E-state index in [1.165, 1.54) is 5.56 Å². The zero-order valence-electron chi connectivity index (χ0n) is 10.8. The number of hydrogen-bond acceptors (Lipinski definition) is 2. The summed E-state index contributed by atoms with van der Waals surface area (Å²) < 4.78 is 0. The van der Waals surface area contributed by atoms with Crippen LogP contribution in [0, 0.1) is 5.92 Å². The van der Waals surface area contributed by atoms with E-state index < -0.39 is 0 Å². The summed E-state index contributed by atoms with van der Waals surface area (Å²) in [6, 6.07) is 7.93. The zero-order valence-corrected chi connectivity index (χ0v) is 10.8. The molecule has 0 saturated carbocycles. The minimum Gasteiger partial charge on any atom is -0.319 e. The van der Waals surface area contributed by atoms with Crippen molar-refractivity contribution in [1.29, 1.82) is 0 Å². The van der Waals surface area contributed by atoms with Crippen LogP contribution < -0.4 is 5.32 Å². The number of imide groups is 1. The van der Waals surface area contributed by atoms with E-state index in [9.17, 15) is 9.59 Å². The monoisotopic (exact) mass is 246 g/mol. The Bertz CT molecular complexity index is 453. The highest BCUT2D eigenvalue weighted by Crippen LogP contribution is 2.13. The van der Waals surface area contributed by atoms with Crippen molar-refractivity contribution in [1.82, 2.24) is 10.2 Å². The average Bonchev–Trinajstić information content (AvgIpc) is 2.37. The lowest BCUT2D eigenvalue weighted by atomic mass is 10.1. The van der Waals surface area contributed by atoms with Crippen molar-refractivity contribution in [2.45, 2.75) is 26.8 Å². The number of urea groups is 1. The van der Waals surface area contributed by atoms with Gasteiger partial charge in [-0.3, -0.25) is 10.1 Å². The third-order valence-corrected chi connectivity index (χ3v) is 3.26. The molecule has 96 valence electrons. The molecule has 4 nitrogen and oxygen atoms in total. The van der Waals surface area contributed by atoms with E-state index in [0.717, 1.165) is 12.0 Å². The van der Waals surface area contributed by atoms with Crippen LogP contribution in [0.5, 0.6) is 0 Å². The van der Waals surface area contributed by atoms with Gasteiger partial charge in [-0.1, -0.05) is 38.1 Å². The summed E-state index contributed by atoms with van der Waals surface area (Å²) in [6.45, 7) is 4.98. The normalized spacial score (nSPS) is 19.9. The van der Waals surface area contributed by atoms with Gasteiger partial charge in [-0.25, -0.2) is 4.79 Å². The van der Waals surface area contributed by atoms with E-state index in [4.69, 9.17) is 0 Å². The van der Waals surface area contributed by atoms with Gasteiger partial charge in [0.2, 0.25) is 5.91 Å². The van der Waals surface area contributed by atoms with Crippen molar-refractivity contribution >= 4 is 11.9 Å². The molecule has 1 aliphatic rings. The summed E-state index contributed by atoms with van der Waals surface area (Å²) in [4.78, 5) is 24.7. The van der Waals surface area contributed by atoms with Crippen LogP contribution in [0.1, 0.15) is 25.0 Å². The van der Waals surface area contributed by atoms with Crippen LogP contribution in [0.3, 0.4) is 0 Å². The molecule has 0 aromatic heterocycles. The second-order valence-electron chi connectivity index (χ2n) is 4.75. The highest BCUT2D eigenvalue weighted by Gasteiger charge is 2.28. The van der Waals surface area contributed by atoms with Crippen LogP contribution in [-0.4, -0.2) is 23.4 Å². The molecule has 1 atom stereocenters. The first kappa shape index (κ1) is 12.6. The van der Waals surface area contributed by atoms with Crippen molar-refractivity contribution in [3.8, 4) is 0 Å². The Morgan fingerprint density at radius 2 is 1.83 bits per heavy atom. The SMILES string of the molecule is CCc1ccc(CN2CC(C)C(=O)NC2=O)cc1. The number of aryl methyl sites for hydroxylation is 1. The van der Waals surface area contributed by atoms with Gasteiger partial charge >= 0.3 is 6.03 Å². The number of nitrogens with zero attached hydrogens (tertiary/aromatic N) is 1. The first-order valence-electron chi connectivity index (χ1n) is 6.27. The smallest absolute Gasteiger partial charge is 0.319 e. The van der Waals surface area contributed by atoms with Crippen molar-refractivity contribution in [2.75, 3.05) is 6.54 Å². The summed E-state index contributed by atoms with van der Waals surface area (Å²) >= 11 is 0. The molecule has 18 heavy (non-hydrogen) atoms. The Balaban J connectivity index is 2.04. The molecule has 3 amide bonds. The summed E-state index contributed by atoms with van der Waals surface area (Å²) in [5.74, 6) is -0.324. The molecule has 0 aliphatic carbocycles. The summed E-state index contributed by atoms with van der Waals surface area (Å²) in [7, 11) is 0. The second-order valence-corrected chi connectivity index (χ2v) is 4.75. The van der Waals surface area contributed by atoms with E-state index >= 15 is 0 Å². The molecule has 1 unspecified atom stereocenters. The topological polar surface area (TPSA) is 49.4 Å². The first-order chi connectivity index (χ1) is 8.60. The van der Waals surface area contributed by atoms with E-state index in [2.05, 4.69) is 24.4 Å². The number of nitrogens with one attached hydrogen (secondary N) is 1. The van der Waals surface area contributed by atoms with Gasteiger partial charge in [-0.2, -0.15) is 0 Å². The molecular formula is C14H18N2O2. The quantitative estimate of drug-likeness (QED) is 0.886. The number of carbonyl (C=O) groups excluding carboxylic acids is 2. The molecule has 2 rings (SSSR count). The number of rotatable bonds is 3. The highest BCUT2D eigenvalue weighted by atomic mass is 16.2. The first-order valence-corrected chi connectivity index (χ1v) is 6.27. The fraction of sp³-hybridized carbons (Fsp3) is 0.429. The molecule has 1 fully saturated rings. The minimum absolute atomic E-state index is 0.141. The van der Waals surface area contributed by atoms with Gasteiger partial charge in [0.1, 0.15) is 0 Å². The van der Waals surface area contributed by atoms with Gasteiger partial charge in [-0.15, -0.1) is 0 Å². The van der Waals surface area contributed by atoms with Crippen molar-refractivity contribution in [3.63, 3.8) is 0 Å². The Morgan fingerprint density at radius 1 is 1.22 bits per heavy atom. The third-order valence-electron chi connectivity index (χ3n) is 3.26. The molecule has 4 heteroatoms. The molecule has 1 aromatic rings. The third kappa shape index (κ3) is 2.70. The molecule has 1 heterocycles. The van der Waals surface area contributed by atoms with Crippen LogP contribution in [-0.2, 0) is 17.8 Å². The molecule has 0 spiro atoms.